The van der Waals surface area contributed by atoms with Gasteiger partial charge in [0, 0.05) is 25.0 Å². The van der Waals surface area contributed by atoms with Crippen LogP contribution in [0.3, 0.4) is 0 Å². The highest BCUT2D eigenvalue weighted by molar-refractivity contribution is 7.93. The number of hydrogen-bond donors (Lipinski definition) is 1. The van der Waals surface area contributed by atoms with Gasteiger partial charge in [-0.25, -0.2) is 8.42 Å². The Bertz CT molecular complexity index is 754. The van der Waals surface area contributed by atoms with E-state index in [0.29, 0.717) is 12.4 Å². The van der Waals surface area contributed by atoms with E-state index in [4.69, 9.17) is 9.26 Å². The Morgan fingerprint density at radius 2 is 1.85 bits per heavy atom. The highest BCUT2D eigenvalue weighted by Gasteiger charge is 2.42. The smallest absolute Gasteiger partial charge is 0.384 e. The molecule has 0 bridgehead atoms. The number of carbonyl (C=O) groups excluding carboxylic acids is 1. The average Bonchev–Trinajstić information content (AvgIpc) is 2.94. The molecule has 0 aliphatic carbocycles. The highest BCUT2D eigenvalue weighted by atomic mass is 32.2. The molecule has 7 nitrogen and oxygen atoms in total. The molecule has 0 aromatic carbocycles. The van der Waals surface area contributed by atoms with Gasteiger partial charge in [-0.15, -0.1) is 0 Å². The summed E-state index contributed by atoms with van der Waals surface area (Å²) in [4.78, 5) is 12.4. The zero-order chi connectivity index (χ0) is 21.1. The van der Waals surface area contributed by atoms with Crippen LogP contribution in [0.5, 0.6) is 0 Å². The molecular formula is C16H25F3N2O5S. The molecule has 1 aromatic heterocycles. The van der Waals surface area contributed by atoms with E-state index in [9.17, 15) is 26.4 Å². The minimum absolute atomic E-state index is 0.0118. The first-order valence-corrected chi connectivity index (χ1v) is 9.84. The second kappa shape index (κ2) is 8.17. The first kappa shape index (κ1) is 23.4. The fourth-order valence-corrected chi connectivity index (χ4v) is 3.58. The number of hydrogen-bond acceptors (Lipinski definition) is 6. The van der Waals surface area contributed by atoms with Crippen LogP contribution in [0.1, 0.15) is 46.3 Å². The van der Waals surface area contributed by atoms with Crippen molar-refractivity contribution < 1.29 is 35.6 Å². The number of carbonyl (C=O) groups is 1. The summed E-state index contributed by atoms with van der Waals surface area (Å²) in [6.45, 7) is 6.27. The van der Waals surface area contributed by atoms with Crippen LogP contribution in [0.2, 0.25) is 0 Å². The van der Waals surface area contributed by atoms with Gasteiger partial charge >= 0.3 is 6.18 Å². The van der Waals surface area contributed by atoms with Crippen LogP contribution in [-0.2, 0) is 24.8 Å². The molecule has 0 fully saturated rings. The van der Waals surface area contributed by atoms with Crippen LogP contribution in [-0.4, -0.2) is 49.9 Å². The maximum Gasteiger partial charge on any atom is 0.389 e. The van der Waals surface area contributed by atoms with Gasteiger partial charge in [-0.05, 0) is 20.3 Å². The molecule has 1 amide bonds. The van der Waals surface area contributed by atoms with Gasteiger partial charge in [-0.1, -0.05) is 19.0 Å². The molecule has 27 heavy (non-hydrogen) atoms. The minimum atomic E-state index is -4.45. The standard InChI is InChI=1S/C16H25F3N2O5S/c1-14(2,10-25-5)11-9-12(21-26-11)20-13(22)15(3,4)27(23,24)8-6-7-16(17,18)19/h9H,6-8,10H2,1-5H3,(H,20,21,22). The molecule has 0 spiro atoms. The number of alkyl halides is 3. The molecule has 0 aliphatic rings. The van der Waals surface area contributed by atoms with Gasteiger partial charge in [0.15, 0.2) is 15.7 Å². The SMILES string of the molecule is COCC(C)(C)c1cc(NC(=O)C(C)(C)S(=O)(=O)CCCC(F)(F)F)no1. The number of sulfone groups is 1. The number of rotatable bonds is 9. The lowest BCUT2D eigenvalue weighted by Gasteiger charge is -2.23. The molecule has 0 saturated heterocycles. The predicted molar refractivity (Wildman–Crippen MR) is 93.2 cm³/mol. The van der Waals surface area contributed by atoms with Crippen molar-refractivity contribution in [3.05, 3.63) is 11.8 Å². The summed E-state index contributed by atoms with van der Waals surface area (Å²) in [5.74, 6) is -1.22. The van der Waals surface area contributed by atoms with Crippen molar-refractivity contribution in [1.82, 2.24) is 5.16 Å². The minimum Gasteiger partial charge on any atom is -0.384 e. The third-order valence-electron chi connectivity index (χ3n) is 4.12. The van der Waals surface area contributed by atoms with Gasteiger partial charge in [0.2, 0.25) is 5.91 Å². The van der Waals surface area contributed by atoms with Crippen LogP contribution in [0, 0.1) is 0 Å². The van der Waals surface area contributed by atoms with Crippen LogP contribution in [0.4, 0.5) is 19.0 Å². The zero-order valence-corrected chi connectivity index (χ0v) is 16.8. The monoisotopic (exact) mass is 414 g/mol. The number of nitrogens with zero attached hydrogens (tertiary/aromatic N) is 1. The summed E-state index contributed by atoms with van der Waals surface area (Å²) in [6.07, 6.45) is -6.29. The van der Waals surface area contributed by atoms with E-state index in [-0.39, 0.29) is 5.82 Å². The van der Waals surface area contributed by atoms with Gasteiger partial charge in [-0.3, -0.25) is 4.79 Å². The number of methoxy groups -OCH3 is 1. The van der Waals surface area contributed by atoms with Crippen molar-refractivity contribution in [3.63, 3.8) is 0 Å². The summed E-state index contributed by atoms with van der Waals surface area (Å²) in [5, 5.41) is 6.03. The van der Waals surface area contributed by atoms with E-state index in [1.54, 1.807) is 0 Å². The van der Waals surface area contributed by atoms with E-state index in [0.717, 1.165) is 13.8 Å². The Morgan fingerprint density at radius 1 is 1.26 bits per heavy atom. The number of amides is 1. The number of aromatic nitrogens is 1. The van der Waals surface area contributed by atoms with Crippen LogP contribution in [0.15, 0.2) is 10.6 Å². The van der Waals surface area contributed by atoms with Crippen molar-refractivity contribution in [2.75, 3.05) is 24.8 Å². The molecule has 1 N–H and O–H groups in total. The molecule has 1 rings (SSSR count). The quantitative estimate of drug-likeness (QED) is 0.667. The van der Waals surface area contributed by atoms with Crippen molar-refractivity contribution >= 4 is 21.6 Å². The largest absolute Gasteiger partial charge is 0.389 e. The van der Waals surface area contributed by atoms with Gasteiger partial charge in [-0.2, -0.15) is 13.2 Å². The molecule has 1 aromatic rings. The number of ether oxygens (including phenoxy) is 1. The summed E-state index contributed by atoms with van der Waals surface area (Å²) in [7, 11) is -2.60. The maximum atomic E-state index is 12.4. The molecule has 156 valence electrons. The first-order chi connectivity index (χ1) is 12.1. The van der Waals surface area contributed by atoms with Crippen molar-refractivity contribution in [3.8, 4) is 0 Å². The number of anilines is 1. The Hall–Kier alpha value is -1.62. The summed E-state index contributed by atoms with van der Waals surface area (Å²) < 4.78 is 69.6. The fourth-order valence-electron chi connectivity index (χ4n) is 2.21. The highest BCUT2D eigenvalue weighted by Crippen LogP contribution is 2.28. The Kier molecular flexibility index (Phi) is 7.09. The average molecular weight is 414 g/mol. The third-order valence-corrected chi connectivity index (χ3v) is 6.69. The summed E-state index contributed by atoms with van der Waals surface area (Å²) in [6, 6.07) is 1.45. The number of nitrogens with one attached hydrogen (secondary N) is 1. The molecular weight excluding hydrogens is 389 g/mol. The van der Waals surface area contributed by atoms with Gasteiger partial charge in [0.1, 0.15) is 10.5 Å². The fraction of sp³-hybridized carbons (Fsp3) is 0.750. The summed E-state index contributed by atoms with van der Waals surface area (Å²) in [5.41, 5.74) is -0.524. The summed E-state index contributed by atoms with van der Waals surface area (Å²) >= 11 is 0. The number of halogens is 3. The Balaban J connectivity index is 2.84. The molecule has 0 atom stereocenters. The topological polar surface area (TPSA) is 98.5 Å². The second-order valence-corrected chi connectivity index (χ2v) is 10.1. The Morgan fingerprint density at radius 3 is 2.37 bits per heavy atom. The molecule has 0 unspecified atom stereocenters. The van der Waals surface area contributed by atoms with E-state index >= 15 is 0 Å². The lowest BCUT2D eigenvalue weighted by Crippen LogP contribution is -2.45. The first-order valence-electron chi connectivity index (χ1n) is 8.19. The van der Waals surface area contributed by atoms with Gasteiger partial charge in [0.25, 0.3) is 0 Å². The molecule has 0 saturated carbocycles. The van der Waals surface area contributed by atoms with Crippen LogP contribution < -0.4 is 5.32 Å². The Labute approximate surface area is 156 Å². The maximum absolute atomic E-state index is 12.4. The van der Waals surface area contributed by atoms with E-state index < -0.39 is 50.7 Å². The van der Waals surface area contributed by atoms with Crippen molar-refractivity contribution in [2.24, 2.45) is 0 Å². The third kappa shape index (κ3) is 6.20. The second-order valence-electron chi connectivity index (χ2n) is 7.40. The molecule has 0 radical (unpaired) electrons. The van der Waals surface area contributed by atoms with E-state index in [2.05, 4.69) is 10.5 Å². The van der Waals surface area contributed by atoms with E-state index in [1.807, 2.05) is 13.8 Å². The molecule has 11 heteroatoms. The van der Waals surface area contributed by atoms with Crippen molar-refractivity contribution in [1.29, 1.82) is 0 Å². The van der Waals surface area contributed by atoms with E-state index in [1.165, 1.54) is 13.2 Å². The predicted octanol–water partition coefficient (Wildman–Crippen LogP) is 3.07. The van der Waals surface area contributed by atoms with Crippen molar-refractivity contribution in [2.45, 2.75) is 56.9 Å². The normalized spacial score (nSPS) is 13.6. The molecule has 1 heterocycles. The van der Waals surface area contributed by atoms with Gasteiger partial charge in [0.05, 0.1) is 12.4 Å². The van der Waals surface area contributed by atoms with Gasteiger partial charge < -0.3 is 14.6 Å². The zero-order valence-electron chi connectivity index (χ0n) is 15.9. The van der Waals surface area contributed by atoms with Crippen LogP contribution >= 0.6 is 0 Å². The van der Waals surface area contributed by atoms with Crippen LogP contribution in [0.25, 0.3) is 0 Å². The lowest BCUT2D eigenvalue weighted by atomic mass is 9.91. The lowest BCUT2D eigenvalue weighted by molar-refractivity contribution is -0.134. The molecule has 0 aliphatic heterocycles.